The Morgan fingerprint density at radius 3 is 2.81 bits per heavy atom. The number of hydrogen-bond donors (Lipinski definition) is 0. The van der Waals surface area contributed by atoms with Gasteiger partial charge >= 0.3 is 0 Å². The highest BCUT2D eigenvalue weighted by molar-refractivity contribution is 5.48. The molecule has 0 saturated heterocycles. The summed E-state index contributed by atoms with van der Waals surface area (Å²) < 4.78 is 5.80. The van der Waals surface area contributed by atoms with Gasteiger partial charge in [0.25, 0.3) is 0 Å². The third-order valence-electron chi connectivity index (χ3n) is 3.07. The Balaban J connectivity index is 2.41. The Hall–Kier alpha value is -1.24. The highest BCUT2D eigenvalue weighted by atomic mass is 16.5. The van der Waals surface area contributed by atoms with Crippen molar-refractivity contribution in [3.05, 3.63) is 48.9 Å². The van der Waals surface area contributed by atoms with Crippen molar-refractivity contribution in [1.82, 2.24) is 0 Å². The fourth-order valence-electron chi connectivity index (χ4n) is 2.02. The molecule has 1 nitrogen and oxygen atoms in total. The first-order chi connectivity index (χ1) is 7.77. The van der Waals surface area contributed by atoms with E-state index in [0.29, 0.717) is 12.5 Å². The molecule has 1 atom stereocenters. The van der Waals surface area contributed by atoms with Crippen LogP contribution in [0.1, 0.15) is 42.7 Å². The van der Waals surface area contributed by atoms with Crippen molar-refractivity contribution in [3.8, 4) is 5.75 Å². The number of rotatable bonds is 5. The zero-order valence-corrected chi connectivity index (χ0v) is 9.91. The maximum atomic E-state index is 5.80. The molecule has 0 aliphatic heterocycles. The molecule has 85 valence electrons. The number of hydrogen-bond acceptors (Lipinski definition) is 1. The largest absolute Gasteiger partial charge is 0.493 e. The molecule has 16 heavy (non-hydrogen) atoms. The summed E-state index contributed by atoms with van der Waals surface area (Å²) in [6.45, 7) is 10.6. The smallest absolute Gasteiger partial charge is 0.126 e. The molecule has 1 fully saturated rings. The van der Waals surface area contributed by atoms with E-state index < -0.39 is 0 Å². The molecule has 1 saturated carbocycles. The number of ether oxygens (including phenoxy) is 1. The lowest BCUT2D eigenvalue weighted by Gasteiger charge is -2.17. The first-order valence-corrected chi connectivity index (χ1v) is 5.99. The van der Waals surface area contributed by atoms with Crippen LogP contribution in [0.25, 0.3) is 0 Å². The van der Waals surface area contributed by atoms with E-state index in [-0.39, 0.29) is 5.92 Å². The lowest BCUT2D eigenvalue weighted by atomic mass is 9.96. The van der Waals surface area contributed by atoms with Crippen LogP contribution in [0.4, 0.5) is 0 Å². The first-order valence-electron chi connectivity index (χ1n) is 5.99. The lowest BCUT2D eigenvalue weighted by molar-refractivity contribution is 0.332. The Labute approximate surface area is 98.1 Å². The average Bonchev–Trinajstić information content (AvgIpc) is 3.13. The Morgan fingerprint density at radius 2 is 2.25 bits per heavy atom. The second-order valence-corrected chi connectivity index (χ2v) is 4.32. The number of benzene rings is 1. The second-order valence-electron chi connectivity index (χ2n) is 4.32. The summed E-state index contributed by atoms with van der Waals surface area (Å²) in [6.07, 6.45) is 4.45. The molecule has 1 aromatic carbocycles. The van der Waals surface area contributed by atoms with Crippen LogP contribution in [0.5, 0.6) is 5.75 Å². The average molecular weight is 215 g/mol. The van der Waals surface area contributed by atoms with Crippen molar-refractivity contribution in [1.29, 1.82) is 0 Å². The summed E-state index contributed by atoms with van der Waals surface area (Å²) in [5.41, 5.74) is 2.52. The van der Waals surface area contributed by atoms with E-state index in [1.165, 1.54) is 24.0 Å². The fraction of sp³-hybridized carbons (Fsp3) is 0.400. The normalized spacial score (nSPS) is 16.9. The molecule has 0 aromatic heterocycles. The molecule has 0 spiro atoms. The number of para-hydroxylation sites is 1. The van der Waals surface area contributed by atoms with Gasteiger partial charge in [-0.05, 0) is 38.2 Å². The van der Waals surface area contributed by atoms with Crippen molar-refractivity contribution in [2.24, 2.45) is 0 Å². The lowest BCUT2D eigenvalue weighted by Crippen LogP contribution is -2.02. The number of allylic oxidation sites excluding steroid dienone is 1. The molecule has 0 N–H and O–H groups in total. The molecule has 0 amide bonds. The summed E-state index contributed by atoms with van der Waals surface area (Å²) >= 11 is 0. The predicted octanol–water partition coefficient (Wildman–Crippen LogP) is 4.07. The van der Waals surface area contributed by atoms with Crippen LogP contribution in [-0.2, 0) is 0 Å². The molecular formula is C15H19O. The monoisotopic (exact) mass is 215 g/mol. The van der Waals surface area contributed by atoms with Crippen molar-refractivity contribution in [2.45, 2.75) is 31.6 Å². The summed E-state index contributed by atoms with van der Waals surface area (Å²) in [4.78, 5) is 0. The fourth-order valence-corrected chi connectivity index (χ4v) is 2.02. The van der Waals surface area contributed by atoms with Crippen LogP contribution in [-0.4, -0.2) is 6.61 Å². The highest BCUT2D eigenvalue weighted by Gasteiger charge is 2.28. The van der Waals surface area contributed by atoms with E-state index in [1.807, 2.05) is 13.0 Å². The van der Waals surface area contributed by atoms with Crippen molar-refractivity contribution in [2.75, 3.05) is 6.61 Å². The third-order valence-corrected chi connectivity index (χ3v) is 3.07. The first kappa shape index (κ1) is 11.3. The molecule has 1 radical (unpaired) electrons. The maximum absolute atomic E-state index is 5.80. The SMILES string of the molecule is [CH2]C(C=C)c1cccc(C2CC2)c1OCC. The van der Waals surface area contributed by atoms with Gasteiger partial charge in [-0.25, -0.2) is 0 Å². The Morgan fingerprint density at radius 1 is 1.50 bits per heavy atom. The van der Waals surface area contributed by atoms with Gasteiger partial charge in [0.05, 0.1) is 6.61 Å². The third kappa shape index (κ3) is 2.13. The van der Waals surface area contributed by atoms with E-state index in [0.717, 1.165) is 5.75 Å². The van der Waals surface area contributed by atoms with Crippen molar-refractivity contribution < 1.29 is 4.74 Å². The molecule has 1 aromatic rings. The van der Waals surface area contributed by atoms with Crippen LogP contribution >= 0.6 is 0 Å². The van der Waals surface area contributed by atoms with Gasteiger partial charge in [0.2, 0.25) is 0 Å². The molecule has 1 unspecified atom stereocenters. The van der Waals surface area contributed by atoms with Gasteiger partial charge in [-0.3, -0.25) is 0 Å². The van der Waals surface area contributed by atoms with Crippen LogP contribution in [0.3, 0.4) is 0 Å². The van der Waals surface area contributed by atoms with Crippen LogP contribution < -0.4 is 4.74 Å². The van der Waals surface area contributed by atoms with Crippen LogP contribution in [0.2, 0.25) is 0 Å². The van der Waals surface area contributed by atoms with Gasteiger partial charge in [0.15, 0.2) is 0 Å². The Bertz CT molecular complexity index is 377. The summed E-state index contributed by atoms with van der Waals surface area (Å²) in [7, 11) is 0. The van der Waals surface area contributed by atoms with Gasteiger partial charge < -0.3 is 4.74 Å². The van der Waals surface area contributed by atoms with E-state index in [2.05, 4.69) is 31.7 Å². The minimum Gasteiger partial charge on any atom is -0.493 e. The van der Waals surface area contributed by atoms with Gasteiger partial charge in [-0.15, -0.1) is 6.58 Å². The highest BCUT2D eigenvalue weighted by Crippen LogP contribution is 2.46. The molecule has 0 bridgehead atoms. The zero-order valence-electron chi connectivity index (χ0n) is 9.91. The van der Waals surface area contributed by atoms with Crippen molar-refractivity contribution >= 4 is 0 Å². The van der Waals surface area contributed by atoms with E-state index in [4.69, 9.17) is 4.74 Å². The van der Waals surface area contributed by atoms with Gasteiger partial charge in [-0.1, -0.05) is 24.3 Å². The summed E-state index contributed by atoms with van der Waals surface area (Å²) in [5, 5.41) is 0. The Kier molecular flexibility index (Phi) is 3.33. The molecular weight excluding hydrogens is 196 g/mol. The molecule has 1 heteroatoms. The zero-order chi connectivity index (χ0) is 11.5. The van der Waals surface area contributed by atoms with Gasteiger partial charge in [-0.2, -0.15) is 0 Å². The summed E-state index contributed by atoms with van der Waals surface area (Å²) in [5.74, 6) is 1.87. The standard InChI is InChI=1S/C15H19O/c1-4-11(3)13-7-6-8-14(12-9-10-12)15(13)16-5-2/h4,6-8,11-12H,1,3,5,9-10H2,2H3. The summed E-state index contributed by atoms with van der Waals surface area (Å²) in [6, 6.07) is 6.38. The predicted molar refractivity (Wildman–Crippen MR) is 67.9 cm³/mol. The molecule has 1 aliphatic rings. The topological polar surface area (TPSA) is 9.23 Å². The molecule has 1 aliphatic carbocycles. The van der Waals surface area contributed by atoms with Crippen LogP contribution in [0.15, 0.2) is 30.9 Å². The van der Waals surface area contributed by atoms with Gasteiger partial charge in [0.1, 0.15) is 5.75 Å². The van der Waals surface area contributed by atoms with Gasteiger partial charge in [0, 0.05) is 11.5 Å². The molecule has 0 heterocycles. The second kappa shape index (κ2) is 4.73. The minimum atomic E-state index is 0.111. The van der Waals surface area contributed by atoms with Crippen LogP contribution in [0, 0.1) is 6.92 Å². The minimum absolute atomic E-state index is 0.111. The van der Waals surface area contributed by atoms with E-state index in [1.54, 1.807) is 0 Å². The maximum Gasteiger partial charge on any atom is 0.126 e. The van der Waals surface area contributed by atoms with E-state index >= 15 is 0 Å². The van der Waals surface area contributed by atoms with E-state index in [9.17, 15) is 0 Å². The quantitative estimate of drug-likeness (QED) is 0.673. The van der Waals surface area contributed by atoms with Crippen molar-refractivity contribution in [3.63, 3.8) is 0 Å². The molecule has 2 rings (SSSR count).